The molecule has 0 aromatic heterocycles. The highest BCUT2D eigenvalue weighted by Crippen LogP contribution is 2.69. The second-order valence-electron chi connectivity index (χ2n) is 14.6. The van der Waals surface area contributed by atoms with Gasteiger partial charge in [-0.3, -0.25) is 0 Å². The van der Waals surface area contributed by atoms with Crippen LogP contribution in [0, 0.1) is 52.3 Å². The summed E-state index contributed by atoms with van der Waals surface area (Å²) in [5, 5.41) is 0. The average molecular weight is 511 g/mol. The molecule has 0 spiro atoms. The lowest BCUT2D eigenvalue weighted by Gasteiger charge is -2.62. The number of hydrogen-bond acceptors (Lipinski definition) is 0. The molecule has 4 aliphatic carbocycles. The summed E-state index contributed by atoms with van der Waals surface area (Å²) in [7, 11) is 0. The Bertz CT molecular complexity index is 742. The quantitative estimate of drug-likeness (QED) is 0.299. The van der Waals surface area contributed by atoms with Crippen LogP contribution in [-0.4, -0.2) is 0 Å². The van der Waals surface area contributed by atoms with Crippen LogP contribution in [0.5, 0.6) is 0 Å². The molecule has 4 saturated carbocycles. The van der Waals surface area contributed by atoms with Gasteiger partial charge >= 0.3 is 0 Å². The smallest absolute Gasteiger partial charge is 0.0264 e. The number of allylic oxidation sites excluding steroid dienone is 3. The van der Waals surface area contributed by atoms with Crippen LogP contribution < -0.4 is 0 Å². The summed E-state index contributed by atoms with van der Waals surface area (Å²) in [4.78, 5) is 0. The Balaban J connectivity index is 0.000000414. The van der Waals surface area contributed by atoms with Gasteiger partial charge in [-0.05, 0) is 144 Å². The molecular weight excluding hydrogens is 444 g/mol. The first-order valence-electron chi connectivity index (χ1n) is 16.3. The highest BCUT2D eigenvalue weighted by atomic mass is 14.7. The van der Waals surface area contributed by atoms with Gasteiger partial charge in [-0.1, -0.05) is 71.1 Å². The SMILES string of the molecule is C=C(C)CCC(=C)C.C=C(C)CCC(C)C1CCC2C3C(C)CC4CCCCC4(C)C3CCC12C.CC. The van der Waals surface area contributed by atoms with Crippen LogP contribution in [0.1, 0.15) is 146 Å². The predicted octanol–water partition coefficient (Wildman–Crippen LogP) is 12.2. The number of fused-ring (bicyclic) bond motifs is 5. The zero-order chi connectivity index (χ0) is 28.0. The highest BCUT2D eigenvalue weighted by Gasteiger charge is 2.61. The molecule has 214 valence electrons. The Morgan fingerprint density at radius 1 is 0.757 bits per heavy atom. The molecule has 9 atom stereocenters. The molecule has 0 radical (unpaired) electrons. The fraction of sp³-hybridized carbons (Fsp3) is 0.838. The highest BCUT2D eigenvalue weighted by molar-refractivity contribution is 5.10. The summed E-state index contributed by atoms with van der Waals surface area (Å²) in [6.07, 6.45) is 18.5. The maximum atomic E-state index is 4.16. The van der Waals surface area contributed by atoms with Gasteiger partial charge < -0.3 is 0 Å². The fourth-order valence-corrected chi connectivity index (χ4v) is 9.75. The van der Waals surface area contributed by atoms with E-state index >= 15 is 0 Å². The summed E-state index contributed by atoms with van der Waals surface area (Å²) in [5.41, 5.74) is 5.17. The number of rotatable bonds is 7. The molecule has 0 heterocycles. The molecule has 0 heteroatoms. The first kappa shape index (κ1) is 32.4. The van der Waals surface area contributed by atoms with Crippen molar-refractivity contribution in [1.29, 1.82) is 0 Å². The zero-order valence-corrected chi connectivity index (χ0v) is 26.9. The van der Waals surface area contributed by atoms with E-state index in [1.807, 2.05) is 27.7 Å². The Morgan fingerprint density at radius 3 is 1.89 bits per heavy atom. The lowest BCUT2D eigenvalue weighted by atomic mass is 9.42. The van der Waals surface area contributed by atoms with Gasteiger partial charge in [-0.25, -0.2) is 0 Å². The Morgan fingerprint density at radius 2 is 1.32 bits per heavy atom. The van der Waals surface area contributed by atoms with Crippen molar-refractivity contribution in [1.82, 2.24) is 0 Å². The van der Waals surface area contributed by atoms with E-state index in [0.717, 1.165) is 54.3 Å². The van der Waals surface area contributed by atoms with Gasteiger partial charge in [-0.15, -0.1) is 19.7 Å². The molecule has 4 aliphatic rings. The van der Waals surface area contributed by atoms with E-state index in [9.17, 15) is 0 Å². The molecule has 4 fully saturated rings. The minimum absolute atomic E-state index is 0.627. The molecule has 0 saturated heterocycles. The Labute approximate surface area is 234 Å². The van der Waals surface area contributed by atoms with Crippen LogP contribution in [0.3, 0.4) is 0 Å². The van der Waals surface area contributed by atoms with Gasteiger partial charge in [0.05, 0.1) is 0 Å². The molecule has 0 bridgehead atoms. The molecule has 0 N–H and O–H groups in total. The molecule has 0 amide bonds. The second-order valence-corrected chi connectivity index (χ2v) is 14.6. The van der Waals surface area contributed by atoms with Crippen LogP contribution in [0.2, 0.25) is 0 Å². The van der Waals surface area contributed by atoms with Crippen molar-refractivity contribution in [3.63, 3.8) is 0 Å². The number of hydrogen-bond donors (Lipinski definition) is 0. The summed E-state index contributed by atoms with van der Waals surface area (Å²) in [6.45, 7) is 32.7. The largest absolute Gasteiger partial charge is 0.100 e. The monoisotopic (exact) mass is 511 g/mol. The maximum absolute atomic E-state index is 4.16. The van der Waals surface area contributed by atoms with E-state index < -0.39 is 0 Å². The molecule has 0 aliphatic heterocycles. The van der Waals surface area contributed by atoms with Crippen LogP contribution in [0.25, 0.3) is 0 Å². The summed E-state index contributed by atoms with van der Waals surface area (Å²) < 4.78 is 0. The van der Waals surface area contributed by atoms with Crippen LogP contribution in [0.15, 0.2) is 36.5 Å². The molecule has 37 heavy (non-hydrogen) atoms. The van der Waals surface area contributed by atoms with Crippen LogP contribution in [0.4, 0.5) is 0 Å². The van der Waals surface area contributed by atoms with E-state index in [4.69, 9.17) is 0 Å². The molecule has 9 unspecified atom stereocenters. The van der Waals surface area contributed by atoms with Crippen LogP contribution in [-0.2, 0) is 0 Å². The van der Waals surface area contributed by atoms with E-state index in [1.54, 1.807) is 12.8 Å². The van der Waals surface area contributed by atoms with Crippen molar-refractivity contribution in [3.8, 4) is 0 Å². The van der Waals surface area contributed by atoms with E-state index in [2.05, 4.69) is 54.4 Å². The lowest BCUT2D eigenvalue weighted by Crippen LogP contribution is -2.55. The molecule has 4 rings (SSSR count). The van der Waals surface area contributed by atoms with Crippen molar-refractivity contribution in [2.24, 2.45) is 52.3 Å². The molecule has 0 nitrogen and oxygen atoms in total. The first-order chi connectivity index (χ1) is 17.4. The van der Waals surface area contributed by atoms with Gasteiger partial charge in [0.1, 0.15) is 0 Å². The van der Waals surface area contributed by atoms with Crippen molar-refractivity contribution < 1.29 is 0 Å². The van der Waals surface area contributed by atoms with E-state index in [-0.39, 0.29) is 0 Å². The third-order valence-electron chi connectivity index (χ3n) is 11.7. The average Bonchev–Trinajstić information content (AvgIpc) is 3.20. The van der Waals surface area contributed by atoms with Gasteiger partial charge in [0.25, 0.3) is 0 Å². The van der Waals surface area contributed by atoms with E-state index in [1.165, 1.54) is 74.5 Å². The van der Waals surface area contributed by atoms with Gasteiger partial charge in [0.2, 0.25) is 0 Å². The second kappa shape index (κ2) is 14.0. The summed E-state index contributed by atoms with van der Waals surface area (Å²) in [5.74, 6) is 6.94. The zero-order valence-electron chi connectivity index (χ0n) is 26.9. The summed E-state index contributed by atoms with van der Waals surface area (Å²) >= 11 is 0. The predicted molar refractivity (Wildman–Crippen MR) is 168 cm³/mol. The Hall–Kier alpha value is -0.780. The first-order valence-corrected chi connectivity index (χ1v) is 16.3. The van der Waals surface area contributed by atoms with Gasteiger partial charge in [0.15, 0.2) is 0 Å². The lowest BCUT2D eigenvalue weighted by molar-refractivity contribution is -0.137. The van der Waals surface area contributed by atoms with E-state index in [0.29, 0.717) is 10.8 Å². The minimum atomic E-state index is 0.627. The fourth-order valence-electron chi connectivity index (χ4n) is 9.75. The molecule has 0 aromatic carbocycles. The molecule has 0 aromatic rings. The van der Waals surface area contributed by atoms with Crippen molar-refractivity contribution in [3.05, 3.63) is 36.5 Å². The third-order valence-corrected chi connectivity index (χ3v) is 11.7. The normalized spacial score (nSPS) is 38.8. The standard InChI is InChI=1S/C27H46.C8H14.C2H6/c1-18(2)10-11-19(3)22-12-13-23-25-20(4)17-21-9-7-8-15-26(21,5)24(25)14-16-27(22,23)6;1-7(2)5-6-8(3)4;1-2/h19-25H,1,7-17H2,2-6H3;1,3,5-6H2,2,4H3;1-2H3. The minimum Gasteiger partial charge on any atom is -0.100 e. The maximum Gasteiger partial charge on any atom is -0.0264 e. The topological polar surface area (TPSA) is 0 Å². The van der Waals surface area contributed by atoms with Gasteiger partial charge in [-0.2, -0.15) is 0 Å². The van der Waals surface area contributed by atoms with Crippen molar-refractivity contribution >= 4 is 0 Å². The Kier molecular flexibility index (Phi) is 12.3. The van der Waals surface area contributed by atoms with Gasteiger partial charge in [0, 0.05) is 0 Å². The van der Waals surface area contributed by atoms with Crippen LogP contribution >= 0.6 is 0 Å². The van der Waals surface area contributed by atoms with Crippen molar-refractivity contribution in [2.75, 3.05) is 0 Å². The molecular formula is C37H66. The third kappa shape index (κ3) is 7.45. The van der Waals surface area contributed by atoms with Crippen molar-refractivity contribution in [2.45, 2.75) is 146 Å². The summed E-state index contributed by atoms with van der Waals surface area (Å²) in [6, 6.07) is 0.